The second kappa shape index (κ2) is 63.1. The second-order valence-corrected chi connectivity index (χ2v) is 44.5. The van der Waals surface area contributed by atoms with E-state index in [-0.39, 0.29) is 168 Å². The fourth-order valence-electron chi connectivity index (χ4n) is 22.0. The highest BCUT2D eigenvalue weighted by Crippen LogP contribution is 2.52. The number of rotatable bonds is 14. The summed E-state index contributed by atoms with van der Waals surface area (Å²) in [5, 5.41) is 7.02. The maximum atomic E-state index is 11.6. The summed E-state index contributed by atoms with van der Waals surface area (Å²) in [6.45, 7) is 27.9. The molecule has 3 saturated carbocycles. The van der Waals surface area contributed by atoms with Gasteiger partial charge in [0.05, 0.1) is 67.1 Å². The van der Waals surface area contributed by atoms with E-state index in [1.807, 2.05) is 77.0 Å². The highest BCUT2D eigenvalue weighted by molar-refractivity contribution is 8.21. The first kappa shape index (κ1) is 138. The van der Waals surface area contributed by atoms with Gasteiger partial charge in [0.1, 0.15) is 57.4 Å². The number of piperidine rings is 2. The molecule has 25 nitrogen and oxygen atoms in total. The molecule has 1 spiro atoms. The minimum atomic E-state index is -0.243. The predicted octanol–water partition coefficient (Wildman–Crippen LogP) is 20.1. The Bertz CT molecular complexity index is 4360. The zero-order chi connectivity index (χ0) is 96.2. The lowest BCUT2D eigenvalue weighted by atomic mass is 9.74. The molecule has 13 atom stereocenters. The van der Waals surface area contributed by atoms with E-state index in [0.717, 1.165) is 112 Å². The lowest BCUT2D eigenvalue weighted by Crippen LogP contribution is -2.55. The third-order valence-electron chi connectivity index (χ3n) is 29.4. The standard InChI is InChI=1S/C14H19NO3.C13H17NO.C12H15NO.C11H19NO.2C10H17NO.C9H16N2OS.C9H15NOS2.C7H12N2O2.C7H13NO.10CH4/c1-9(16)12-5-10-6-13(17-3)14(18-4)7-11(10)8-15(12)2;1-10(15)9-14(2)13-7-11-5-3-4-6-12(11)8-13;1-9(14)12-7-10-5-3-4-6-11(10)8-13(12)2;1-8(13)11-7-9-5-3-4-6-10(9)12(11)2;1-7(12)10-8-3-5-9(6-4-8)11(10)2;1-7(12)10-6-8-4-3-5-9(8)11(10)2;1-6(12)7-11(5)10-8(13-7)9(2,3)4;1-7(11)8-5-9(6-10(8)2)12-3-4-13-9;1-5(10)6-4-8(2)7(11)9(6)3;1-6(9)7-4-3-5-8(7)2;;;;;;;;;;/h6-7,12H,5,8H2,1-4H3;3-6,13H,7-9H2,1-2H3;3-6,12H,7-8H2,1-2H3;9-11H,3-7H2,1-2H3;2*8-10H,3-6H2,1-2H3;7H,1-5H3;8H,3-6H2,1-2H3;6H,4H2,1-3H3;7H,3-5H2,1-2H3;10*1H4/t;;;;;;7-;;;;;;;;;;;;;/m......0............./s1. The Morgan fingerprint density at radius 1 is 0.443 bits per heavy atom. The lowest BCUT2D eigenvalue weighted by molar-refractivity contribution is -0.129. The largest absolute Gasteiger partial charge is 0.493 e. The third kappa shape index (κ3) is 37.1. The summed E-state index contributed by atoms with van der Waals surface area (Å²) in [6, 6.07) is 24.4. The van der Waals surface area contributed by atoms with Crippen LogP contribution >= 0.6 is 35.3 Å². The number of fused-ring (bicyclic) bond motifs is 8. The van der Waals surface area contributed by atoms with E-state index in [2.05, 4.69) is 136 Å². The number of methoxy groups -OCH3 is 2. The number of hydrogen-bond donors (Lipinski definition) is 0. The zero-order valence-electron chi connectivity index (χ0n) is 83.7. The SMILES string of the molecule is C.C.C.C.C.C.C.C.C.C.CC(=O)C1C2CCC(CC2)N1C.CC(=O)C1CC2(CN1C)SCCS2.CC(=O)C1CC2CCCC2N1C.CC(=O)C1CC2CCCCC2N1C.CC(=O)C1CCCN1C.CC(=O)C1CN(C)C(=O)N1C.CC(=O)C1Cc2ccccc2CN1C.CC(=O)CN(C)C1Cc2ccccc2C1.CC(=O)[C@@H]1SC(C(C)(C)C)=NN1C.COc1cc2c(cc1OC)CN(C)C(C(C)=O)C2. The van der Waals surface area contributed by atoms with Gasteiger partial charge < -0.3 is 19.3 Å². The summed E-state index contributed by atoms with van der Waals surface area (Å²) >= 11 is 5.65. The normalized spacial score (nSPS) is 26.2. The highest BCUT2D eigenvalue weighted by Gasteiger charge is 2.49. The van der Waals surface area contributed by atoms with Crippen molar-refractivity contribution < 1.29 is 62.2 Å². The Morgan fingerprint density at radius 3 is 1.21 bits per heavy atom. The summed E-state index contributed by atoms with van der Waals surface area (Å²) in [5.41, 5.74) is 7.98. The quantitative estimate of drug-likeness (QED) is 0.145. The fraction of sp³-hybridized carbons (Fsp3) is 0.732. The number of ether oxygens (including phenoxy) is 2. The van der Waals surface area contributed by atoms with Gasteiger partial charge in [-0.25, -0.2) is 4.79 Å². The van der Waals surface area contributed by atoms with Gasteiger partial charge in [-0.2, -0.15) is 5.10 Å². The molecule has 8 saturated heterocycles. The van der Waals surface area contributed by atoms with E-state index >= 15 is 0 Å². The molecule has 804 valence electrons. The lowest BCUT2D eigenvalue weighted by Gasteiger charge is -2.48. The number of thioether (sulfide) groups is 3. The minimum absolute atomic E-state index is 0. The molecular weight excluding hydrogens is 1820 g/mol. The van der Waals surface area contributed by atoms with E-state index in [4.69, 9.17) is 9.47 Å². The maximum absolute atomic E-state index is 11.6. The van der Waals surface area contributed by atoms with Gasteiger partial charge in [-0.3, -0.25) is 92.2 Å². The highest BCUT2D eigenvalue weighted by atomic mass is 32.2. The number of likely N-dealkylation sites (N-methyl/N-ethyl adjacent to an activating group) is 11. The van der Waals surface area contributed by atoms with Crippen molar-refractivity contribution in [1.82, 2.24) is 54.0 Å². The molecule has 11 aliphatic heterocycles. The average Bonchev–Trinajstić information content (AvgIpc) is 1.66. The van der Waals surface area contributed by atoms with Gasteiger partial charge >= 0.3 is 6.03 Å². The molecule has 4 aliphatic carbocycles. The van der Waals surface area contributed by atoms with Crippen LogP contribution in [-0.2, 0) is 86.7 Å². The minimum Gasteiger partial charge on any atom is -0.493 e. The first-order chi connectivity index (χ1) is 61.2. The molecule has 0 aromatic heterocycles. The molecule has 0 radical (unpaired) electrons. The number of nitrogens with zero attached hydrogens (tertiary/aromatic N) is 12. The van der Waals surface area contributed by atoms with Crippen molar-refractivity contribution in [3.8, 4) is 11.5 Å². The number of carbonyl (C=O) groups excluding carboxylic acids is 11. The van der Waals surface area contributed by atoms with Crippen molar-refractivity contribution in [2.45, 2.75) is 388 Å². The number of Topliss-reactive ketones (excluding diaryl/α,β-unsaturated/α-hetero) is 10. The predicted molar refractivity (Wildman–Crippen MR) is 595 cm³/mol. The van der Waals surface area contributed by atoms with E-state index in [9.17, 15) is 52.7 Å². The smallest absolute Gasteiger partial charge is 0.320 e. The van der Waals surface area contributed by atoms with Crippen LogP contribution in [-0.4, -0.2) is 334 Å². The van der Waals surface area contributed by atoms with Gasteiger partial charge in [0.15, 0.2) is 28.4 Å². The van der Waals surface area contributed by atoms with Gasteiger partial charge in [0, 0.05) is 88.4 Å². The molecule has 18 rings (SSSR count). The van der Waals surface area contributed by atoms with Gasteiger partial charge in [0.25, 0.3) is 0 Å². The number of likely N-dealkylation sites (tertiary alicyclic amines) is 4. The van der Waals surface area contributed by atoms with Crippen LogP contribution in [0.2, 0.25) is 0 Å². The van der Waals surface area contributed by atoms with Crippen LogP contribution in [0.3, 0.4) is 0 Å². The van der Waals surface area contributed by atoms with Crippen LogP contribution in [0, 0.1) is 23.2 Å². The molecule has 28 heteroatoms. The van der Waals surface area contributed by atoms with Crippen LogP contribution in [0.15, 0.2) is 65.8 Å². The van der Waals surface area contributed by atoms with E-state index < -0.39 is 0 Å². The Kier molecular flexibility index (Phi) is 62.0. The van der Waals surface area contributed by atoms with Crippen LogP contribution < -0.4 is 9.47 Å². The maximum Gasteiger partial charge on any atom is 0.320 e. The Hall–Kier alpha value is -6.57. The molecule has 3 aromatic carbocycles. The Balaban J connectivity index is -0.00000148. The van der Waals surface area contributed by atoms with Crippen molar-refractivity contribution in [2.75, 3.05) is 129 Å². The second-order valence-electron chi connectivity index (χ2n) is 40.2. The van der Waals surface area contributed by atoms with E-state index in [0.29, 0.717) is 70.1 Å². The molecule has 11 heterocycles. The first-order valence-electron chi connectivity index (χ1n) is 47.5. The van der Waals surface area contributed by atoms with Crippen LogP contribution in [0.4, 0.5) is 4.79 Å². The summed E-state index contributed by atoms with van der Waals surface area (Å²) in [6.07, 6.45) is 23.9. The molecule has 2 amide bonds. The summed E-state index contributed by atoms with van der Waals surface area (Å²) in [7, 11) is 24.9. The fourth-order valence-corrected chi connectivity index (χ4v) is 26.5. The molecular formula is C112H200N12O13S3. The molecule has 140 heavy (non-hydrogen) atoms. The number of ketones is 10. The van der Waals surface area contributed by atoms with Gasteiger partial charge in [0.2, 0.25) is 0 Å². The first-order valence-corrected chi connectivity index (χ1v) is 50.4. The third-order valence-corrected chi connectivity index (χ3v) is 34.6. The van der Waals surface area contributed by atoms with Gasteiger partial charge in [-0.15, -0.1) is 23.5 Å². The molecule has 0 N–H and O–H groups in total. The summed E-state index contributed by atoms with van der Waals surface area (Å²) in [5.74, 6) is 8.92. The molecule has 3 aromatic rings. The molecule has 15 aliphatic rings. The number of urea groups is 1. The van der Waals surface area contributed by atoms with Crippen molar-refractivity contribution >= 4 is 104 Å². The monoisotopic (exact) mass is 2020 g/mol. The molecule has 2 bridgehead atoms. The topological polar surface area (TPSA) is 254 Å². The zero-order valence-corrected chi connectivity index (χ0v) is 86.2. The number of benzene rings is 3. The number of hydrogen-bond acceptors (Lipinski definition) is 26. The van der Waals surface area contributed by atoms with Gasteiger partial charge in [-0.05, 0) is 305 Å². The summed E-state index contributed by atoms with van der Waals surface area (Å²) in [4.78, 5) is 144. The molecule has 11 fully saturated rings. The van der Waals surface area contributed by atoms with Crippen molar-refractivity contribution in [1.29, 1.82) is 0 Å². The van der Waals surface area contributed by atoms with Crippen molar-refractivity contribution in [3.05, 3.63) is 94.0 Å². The van der Waals surface area contributed by atoms with Crippen molar-refractivity contribution in [2.24, 2.45) is 28.3 Å². The van der Waals surface area contributed by atoms with Gasteiger partial charge in [-0.1, -0.05) is 175 Å². The van der Waals surface area contributed by atoms with Crippen molar-refractivity contribution in [3.63, 3.8) is 0 Å². The average molecular weight is 2020 g/mol. The Morgan fingerprint density at radius 2 is 0.864 bits per heavy atom. The Labute approximate surface area is 865 Å². The van der Waals surface area contributed by atoms with Crippen LogP contribution in [0.25, 0.3) is 0 Å². The molecule has 12 unspecified atom stereocenters. The van der Waals surface area contributed by atoms with Crippen LogP contribution in [0.1, 0.15) is 300 Å². The summed E-state index contributed by atoms with van der Waals surface area (Å²) < 4.78 is 11.0. The number of carbonyl (C=O) groups is 11. The number of hydrazone groups is 1. The van der Waals surface area contributed by atoms with Crippen LogP contribution in [0.5, 0.6) is 11.5 Å². The number of amides is 2. The van der Waals surface area contributed by atoms with E-state index in [1.54, 1.807) is 112 Å². The van der Waals surface area contributed by atoms with E-state index in [1.165, 1.54) is 134 Å².